The second-order valence-electron chi connectivity index (χ2n) is 4.79. The summed E-state index contributed by atoms with van der Waals surface area (Å²) in [7, 11) is 0. The molecule has 3 nitrogen and oxygen atoms in total. The van der Waals surface area contributed by atoms with E-state index in [9.17, 15) is 4.79 Å². The van der Waals surface area contributed by atoms with Crippen LogP contribution in [0, 0.1) is 0 Å². The summed E-state index contributed by atoms with van der Waals surface area (Å²) < 4.78 is 5.69. The minimum atomic E-state index is -0.569. The minimum Gasteiger partial charge on any atom is -0.481 e. The maximum atomic E-state index is 12.2. The maximum absolute atomic E-state index is 12.2. The topological polar surface area (TPSA) is 38.3 Å². The molecule has 22 heavy (non-hydrogen) atoms. The minimum absolute atomic E-state index is 0.155. The molecule has 0 aliphatic heterocycles. The number of ether oxygens (including phenoxy) is 1. The lowest BCUT2D eigenvalue weighted by Gasteiger charge is -2.17. The van der Waals surface area contributed by atoms with Crippen molar-refractivity contribution in [2.45, 2.75) is 26.0 Å². The van der Waals surface area contributed by atoms with E-state index in [0.717, 1.165) is 5.56 Å². The highest BCUT2D eigenvalue weighted by Crippen LogP contribution is 2.27. The highest BCUT2D eigenvalue weighted by molar-refractivity contribution is 6.42. The summed E-state index contributed by atoms with van der Waals surface area (Å²) in [5.41, 5.74) is 1.04. The first-order valence-electron chi connectivity index (χ1n) is 7.03. The van der Waals surface area contributed by atoms with Crippen LogP contribution in [0.2, 0.25) is 10.0 Å². The Labute approximate surface area is 140 Å². The summed E-state index contributed by atoms with van der Waals surface area (Å²) in [5, 5.41) is 3.73. The van der Waals surface area contributed by atoms with Crippen molar-refractivity contribution in [2.24, 2.45) is 0 Å². The van der Waals surface area contributed by atoms with Crippen LogP contribution in [0.3, 0.4) is 0 Å². The first-order chi connectivity index (χ1) is 10.6. The predicted molar refractivity (Wildman–Crippen MR) is 89.5 cm³/mol. The molecular weight excluding hydrogens is 321 g/mol. The molecule has 116 valence electrons. The molecule has 0 bridgehead atoms. The Morgan fingerprint density at radius 3 is 2.50 bits per heavy atom. The normalized spacial score (nSPS) is 11.8. The van der Waals surface area contributed by atoms with Gasteiger partial charge < -0.3 is 10.1 Å². The van der Waals surface area contributed by atoms with E-state index in [1.54, 1.807) is 18.2 Å². The van der Waals surface area contributed by atoms with Crippen LogP contribution < -0.4 is 10.1 Å². The zero-order valence-corrected chi connectivity index (χ0v) is 13.7. The molecule has 0 fully saturated rings. The molecule has 2 aromatic rings. The number of rotatable bonds is 6. The van der Waals surface area contributed by atoms with Gasteiger partial charge in [0.25, 0.3) is 5.91 Å². The van der Waals surface area contributed by atoms with Crippen LogP contribution in [0.4, 0.5) is 0 Å². The average Bonchev–Trinajstić information content (AvgIpc) is 2.54. The van der Waals surface area contributed by atoms with Gasteiger partial charge in [-0.2, -0.15) is 0 Å². The first-order valence-corrected chi connectivity index (χ1v) is 7.79. The molecule has 0 saturated carbocycles. The van der Waals surface area contributed by atoms with E-state index in [2.05, 4.69) is 5.32 Å². The number of benzene rings is 2. The van der Waals surface area contributed by atoms with Gasteiger partial charge in [-0.1, -0.05) is 60.5 Å². The first kappa shape index (κ1) is 16.7. The molecular formula is C17H17Cl2NO2. The van der Waals surface area contributed by atoms with Gasteiger partial charge in [0.2, 0.25) is 0 Å². The molecule has 1 unspecified atom stereocenters. The van der Waals surface area contributed by atoms with Gasteiger partial charge in [-0.05, 0) is 24.1 Å². The SMILES string of the molecule is CCC(Oc1ccc(Cl)c(Cl)c1)C(=O)NCc1ccccc1. The second kappa shape index (κ2) is 8.06. The van der Waals surface area contributed by atoms with Gasteiger partial charge in [0, 0.05) is 12.6 Å². The summed E-state index contributed by atoms with van der Waals surface area (Å²) in [6.45, 7) is 2.37. The van der Waals surface area contributed by atoms with Crippen molar-refractivity contribution in [1.29, 1.82) is 0 Å². The predicted octanol–water partition coefficient (Wildman–Crippen LogP) is 4.47. The van der Waals surface area contributed by atoms with Gasteiger partial charge in [0.15, 0.2) is 6.10 Å². The Morgan fingerprint density at radius 2 is 1.86 bits per heavy atom. The quantitative estimate of drug-likeness (QED) is 0.844. The summed E-state index contributed by atoms with van der Waals surface area (Å²) in [5.74, 6) is 0.369. The highest BCUT2D eigenvalue weighted by atomic mass is 35.5. The van der Waals surface area contributed by atoms with E-state index >= 15 is 0 Å². The van der Waals surface area contributed by atoms with Crippen molar-refractivity contribution in [1.82, 2.24) is 5.32 Å². The molecule has 0 saturated heterocycles. The molecule has 1 N–H and O–H groups in total. The van der Waals surface area contributed by atoms with Gasteiger partial charge in [-0.15, -0.1) is 0 Å². The van der Waals surface area contributed by atoms with Gasteiger partial charge in [0.05, 0.1) is 10.0 Å². The van der Waals surface area contributed by atoms with Crippen LogP contribution in [-0.2, 0) is 11.3 Å². The number of hydrogen-bond acceptors (Lipinski definition) is 2. The third-order valence-electron chi connectivity index (χ3n) is 3.14. The Hall–Kier alpha value is -1.71. The second-order valence-corrected chi connectivity index (χ2v) is 5.61. The van der Waals surface area contributed by atoms with Crippen LogP contribution in [-0.4, -0.2) is 12.0 Å². The number of halogens is 2. The van der Waals surface area contributed by atoms with Gasteiger partial charge in [-0.3, -0.25) is 4.79 Å². The fourth-order valence-electron chi connectivity index (χ4n) is 1.94. The third-order valence-corrected chi connectivity index (χ3v) is 3.88. The Kier molecular flexibility index (Phi) is 6.10. The lowest BCUT2D eigenvalue weighted by Crippen LogP contribution is -2.37. The number of carbonyl (C=O) groups excluding carboxylic acids is 1. The lowest BCUT2D eigenvalue weighted by molar-refractivity contribution is -0.128. The van der Waals surface area contributed by atoms with E-state index in [4.69, 9.17) is 27.9 Å². The zero-order valence-electron chi connectivity index (χ0n) is 12.2. The fourth-order valence-corrected chi connectivity index (χ4v) is 2.22. The Bertz CT molecular complexity index is 632. The standard InChI is InChI=1S/C17H17Cl2NO2/c1-2-16(22-13-8-9-14(18)15(19)10-13)17(21)20-11-12-6-4-3-5-7-12/h3-10,16H,2,11H2,1H3,(H,20,21). The van der Waals surface area contributed by atoms with E-state index in [1.807, 2.05) is 37.3 Å². The zero-order chi connectivity index (χ0) is 15.9. The van der Waals surface area contributed by atoms with E-state index in [1.165, 1.54) is 0 Å². The monoisotopic (exact) mass is 337 g/mol. The van der Waals surface area contributed by atoms with Crippen LogP contribution in [0.25, 0.3) is 0 Å². The smallest absolute Gasteiger partial charge is 0.261 e. The third kappa shape index (κ3) is 4.65. The molecule has 0 spiro atoms. The molecule has 0 aromatic heterocycles. The van der Waals surface area contributed by atoms with Gasteiger partial charge >= 0.3 is 0 Å². The molecule has 0 radical (unpaired) electrons. The number of carbonyl (C=O) groups is 1. The molecule has 1 atom stereocenters. The molecule has 2 aromatic carbocycles. The number of amides is 1. The summed E-state index contributed by atoms with van der Waals surface area (Å²) in [6.07, 6.45) is -0.0121. The fraction of sp³-hybridized carbons (Fsp3) is 0.235. The number of hydrogen-bond donors (Lipinski definition) is 1. The van der Waals surface area contributed by atoms with Crippen molar-refractivity contribution >= 4 is 29.1 Å². The largest absolute Gasteiger partial charge is 0.481 e. The highest BCUT2D eigenvalue weighted by Gasteiger charge is 2.18. The number of nitrogens with one attached hydrogen (secondary N) is 1. The lowest BCUT2D eigenvalue weighted by atomic mass is 10.2. The maximum Gasteiger partial charge on any atom is 0.261 e. The van der Waals surface area contributed by atoms with E-state index in [-0.39, 0.29) is 5.91 Å². The molecule has 0 heterocycles. The summed E-state index contributed by atoms with van der Waals surface area (Å²) in [4.78, 5) is 12.2. The average molecular weight is 338 g/mol. The van der Waals surface area contributed by atoms with Crippen LogP contribution in [0.15, 0.2) is 48.5 Å². The Morgan fingerprint density at radius 1 is 1.14 bits per heavy atom. The molecule has 1 amide bonds. The molecule has 0 aliphatic rings. The van der Waals surface area contributed by atoms with Crippen LogP contribution in [0.5, 0.6) is 5.75 Å². The van der Waals surface area contributed by atoms with Gasteiger partial charge in [-0.25, -0.2) is 0 Å². The van der Waals surface area contributed by atoms with Crippen molar-refractivity contribution in [2.75, 3.05) is 0 Å². The van der Waals surface area contributed by atoms with E-state index in [0.29, 0.717) is 28.8 Å². The van der Waals surface area contributed by atoms with Crippen LogP contribution in [0.1, 0.15) is 18.9 Å². The molecule has 5 heteroatoms. The molecule has 0 aliphatic carbocycles. The summed E-state index contributed by atoms with van der Waals surface area (Å²) >= 11 is 11.8. The molecule has 2 rings (SSSR count). The van der Waals surface area contributed by atoms with Crippen molar-refractivity contribution in [3.05, 3.63) is 64.1 Å². The van der Waals surface area contributed by atoms with Gasteiger partial charge in [0.1, 0.15) is 5.75 Å². The summed E-state index contributed by atoms with van der Waals surface area (Å²) in [6, 6.07) is 14.7. The Balaban J connectivity index is 1.95. The van der Waals surface area contributed by atoms with Crippen LogP contribution >= 0.6 is 23.2 Å². The van der Waals surface area contributed by atoms with E-state index < -0.39 is 6.10 Å². The van der Waals surface area contributed by atoms with Crippen molar-refractivity contribution < 1.29 is 9.53 Å². The van der Waals surface area contributed by atoms with Crippen molar-refractivity contribution in [3.63, 3.8) is 0 Å². The van der Waals surface area contributed by atoms with Crippen molar-refractivity contribution in [3.8, 4) is 5.75 Å².